The minimum absolute atomic E-state index is 0.154. The summed E-state index contributed by atoms with van der Waals surface area (Å²) in [6.45, 7) is 0.154. The van der Waals surface area contributed by atoms with Crippen molar-refractivity contribution >= 4 is 27.7 Å². The molecule has 5 nitrogen and oxygen atoms in total. The fraction of sp³-hybridized carbons (Fsp3) is 0.143. The molecule has 0 unspecified atom stereocenters. The van der Waals surface area contributed by atoms with Gasteiger partial charge in [-0.3, -0.25) is 10.1 Å². The predicted octanol–water partition coefficient (Wildman–Crippen LogP) is 2.90. The van der Waals surface area contributed by atoms with Crippen LogP contribution in [0.4, 0.5) is 10.5 Å². The van der Waals surface area contributed by atoms with Crippen LogP contribution in [0.2, 0.25) is 0 Å². The van der Waals surface area contributed by atoms with Crippen LogP contribution in [0.25, 0.3) is 0 Å². The van der Waals surface area contributed by atoms with Crippen molar-refractivity contribution in [2.45, 2.75) is 6.61 Å². The number of aromatic nitrogens is 1. The van der Waals surface area contributed by atoms with Crippen LogP contribution in [-0.4, -0.2) is 10.7 Å². The molecule has 104 valence electrons. The van der Waals surface area contributed by atoms with Crippen LogP contribution in [0.5, 0.6) is 0 Å². The van der Waals surface area contributed by atoms with Gasteiger partial charge in [-0.25, -0.2) is 4.79 Å². The van der Waals surface area contributed by atoms with E-state index in [4.69, 9.17) is 4.74 Å². The average molecular weight is 337 g/mol. The molecule has 2 aromatic rings. The zero-order valence-electron chi connectivity index (χ0n) is 10.8. The van der Waals surface area contributed by atoms with Gasteiger partial charge >= 0.3 is 6.09 Å². The Morgan fingerprint density at radius 1 is 1.35 bits per heavy atom. The molecular weight excluding hydrogens is 324 g/mol. The molecule has 0 spiro atoms. The van der Waals surface area contributed by atoms with Crippen molar-refractivity contribution in [2.75, 3.05) is 5.32 Å². The fourth-order valence-corrected chi connectivity index (χ4v) is 2.17. The Labute approximate surface area is 124 Å². The smallest absolute Gasteiger partial charge is 0.412 e. The fourth-order valence-electron chi connectivity index (χ4n) is 1.63. The van der Waals surface area contributed by atoms with E-state index in [2.05, 4.69) is 21.2 Å². The standard InChI is InChI=1S/C14H13BrN2O3/c1-17-8-11(15)7-12(13(17)18)16-14(19)20-9-10-5-3-2-4-6-10/h2-8H,9H2,1H3,(H,16,19). The Hall–Kier alpha value is -2.08. The van der Waals surface area contributed by atoms with E-state index in [1.165, 1.54) is 10.6 Å². The van der Waals surface area contributed by atoms with Gasteiger partial charge in [-0.05, 0) is 27.6 Å². The van der Waals surface area contributed by atoms with Gasteiger partial charge in [0.05, 0.1) is 0 Å². The molecule has 0 saturated carbocycles. The maximum atomic E-state index is 11.8. The summed E-state index contributed by atoms with van der Waals surface area (Å²) in [6, 6.07) is 10.8. The second kappa shape index (κ2) is 6.38. The van der Waals surface area contributed by atoms with Crippen LogP contribution in [0.15, 0.2) is 51.9 Å². The van der Waals surface area contributed by atoms with Gasteiger partial charge in [-0.15, -0.1) is 0 Å². The first kappa shape index (κ1) is 14.3. The van der Waals surface area contributed by atoms with Crippen LogP contribution >= 0.6 is 15.9 Å². The summed E-state index contributed by atoms with van der Waals surface area (Å²) in [5.41, 5.74) is 0.745. The summed E-state index contributed by atoms with van der Waals surface area (Å²) in [6.07, 6.45) is 0.951. The molecule has 0 bridgehead atoms. The minimum atomic E-state index is -0.663. The molecule has 1 N–H and O–H groups in total. The third-order valence-corrected chi connectivity index (χ3v) is 3.03. The van der Waals surface area contributed by atoms with Gasteiger partial charge in [0.25, 0.3) is 5.56 Å². The molecule has 2 rings (SSSR count). The zero-order valence-corrected chi connectivity index (χ0v) is 12.4. The number of benzene rings is 1. The molecule has 0 aliphatic carbocycles. The highest BCUT2D eigenvalue weighted by molar-refractivity contribution is 9.10. The number of hydrogen-bond acceptors (Lipinski definition) is 3. The largest absolute Gasteiger partial charge is 0.444 e. The van der Waals surface area contributed by atoms with E-state index in [-0.39, 0.29) is 17.9 Å². The Bertz CT molecular complexity index is 668. The Morgan fingerprint density at radius 3 is 2.75 bits per heavy atom. The Morgan fingerprint density at radius 2 is 2.05 bits per heavy atom. The van der Waals surface area contributed by atoms with Crippen LogP contribution < -0.4 is 10.9 Å². The van der Waals surface area contributed by atoms with E-state index in [1.54, 1.807) is 13.2 Å². The van der Waals surface area contributed by atoms with E-state index in [0.29, 0.717) is 4.47 Å². The molecule has 0 radical (unpaired) electrons. The Balaban J connectivity index is 2.00. The molecule has 6 heteroatoms. The number of halogens is 1. The van der Waals surface area contributed by atoms with Gasteiger partial charge in [0.1, 0.15) is 12.3 Å². The van der Waals surface area contributed by atoms with Gasteiger partial charge < -0.3 is 9.30 Å². The topological polar surface area (TPSA) is 60.3 Å². The third-order valence-electron chi connectivity index (χ3n) is 2.60. The van der Waals surface area contributed by atoms with Crippen molar-refractivity contribution in [3.8, 4) is 0 Å². The van der Waals surface area contributed by atoms with Gasteiger partial charge in [-0.2, -0.15) is 0 Å². The number of nitrogens with zero attached hydrogens (tertiary/aromatic N) is 1. The maximum Gasteiger partial charge on any atom is 0.412 e. The van der Waals surface area contributed by atoms with E-state index < -0.39 is 6.09 Å². The van der Waals surface area contributed by atoms with Crippen molar-refractivity contribution in [1.82, 2.24) is 4.57 Å². The van der Waals surface area contributed by atoms with Crippen molar-refractivity contribution in [3.63, 3.8) is 0 Å². The van der Waals surface area contributed by atoms with Crippen molar-refractivity contribution in [3.05, 3.63) is 63.0 Å². The van der Waals surface area contributed by atoms with Crippen LogP contribution in [0.3, 0.4) is 0 Å². The molecule has 0 saturated heterocycles. The number of hydrogen-bond donors (Lipinski definition) is 1. The molecule has 0 aliphatic rings. The monoisotopic (exact) mass is 336 g/mol. The lowest BCUT2D eigenvalue weighted by Gasteiger charge is -2.08. The Kier molecular flexibility index (Phi) is 4.57. The first-order valence-corrected chi connectivity index (χ1v) is 6.69. The highest BCUT2D eigenvalue weighted by Crippen LogP contribution is 2.12. The molecular formula is C14H13BrN2O3. The lowest BCUT2D eigenvalue weighted by molar-refractivity contribution is 0.155. The number of ether oxygens (including phenoxy) is 1. The van der Waals surface area contributed by atoms with Crippen molar-refractivity contribution < 1.29 is 9.53 Å². The zero-order chi connectivity index (χ0) is 14.5. The first-order chi connectivity index (χ1) is 9.56. The van der Waals surface area contributed by atoms with Gasteiger partial charge in [0.2, 0.25) is 0 Å². The van der Waals surface area contributed by atoms with Gasteiger partial charge in [0.15, 0.2) is 0 Å². The number of anilines is 1. The third kappa shape index (κ3) is 3.71. The normalized spacial score (nSPS) is 10.1. The van der Waals surface area contributed by atoms with Gasteiger partial charge in [-0.1, -0.05) is 30.3 Å². The molecule has 1 heterocycles. The van der Waals surface area contributed by atoms with Crippen molar-refractivity contribution in [2.24, 2.45) is 7.05 Å². The molecule has 0 fully saturated rings. The molecule has 1 amide bonds. The van der Waals surface area contributed by atoms with Crippen LogP contribution in [-0.2, 0) is 18.4 Å². The molecule has 1 aromatic carbocycles. The maximum absolute atomic E-state index is 11.8. The number of amides is 1. The molecule has 1 aromatic heterocycles. The summed E-state index contributed by atoms with van der Waals surface area (Å²) >= 11 is 3.26. The number of rotatable bonds is 3. The highest BCUT2D eigenvalue weighted by atomic mass is 79.9. The lowest BCUT2D eigenvalue weighted by Crippen LogP contribution is -2.24. The summed E-state index contributed by atoms with van der Waals surface area (Å²) in [5.74, 6) is 0. The SMILES string of the molecule is Cn1cc(Br)cc(NC(=O)OCc2ccccc2)c1=O. The lowest BCUT2D eigenvalue weighted by atomic mass is 10.2. The number of pyridine rings is 1. The number of carbonyl (C=O) groups excluding carboxylic acids is 1. The van der Waals surface area contributed by atoms with Gasteiger partial charge in [0, 0.05) is 17.7 Å². The summed E-state index contributed by atoms with van der Waals surface area (Å²) < 4.78 is 7.12. The summed E-state index contributed by atoms with van der Waals surface area (Å²) in [7, 11) is 1.60. The molecule has 0 aliphatic heterocycles. The van der Waals surface area contributed by atoms with Crippen molar-refractivity contribution in [1.29, 1.82) is 0 Å². The highest BCUT2D eigenvalue weighted by Gasteiger charge is 2.09. The summed E-state index contributed by atoms with van der Waals surface area (Å²) in [4.78, 5) is 23.5. The quantitative estimate of drug-likeness (QED) is 0.937. The first-order valence-electron chi connectivity index (χ1n) is 5.90. The minimum Gasteiger partial charge on any atom is -0.444 e. The van der Waals surface area contributed by atoms with E-state index in [0.717, 1.165) is 5.56 Å². The van der Waals surface area contributed by atoms with E-state index in [1.807, 2.05) is 30.3 Å². The average Bonchev–Trinajstić information content (AvgIpc) is 2.43. The number of carbonyl (C=O) groups is 1. The predicted molar refractivity (Wildman–Crippen MR) is 79.6 cm³/mol. The molecule has 20 heavy (non-hydrogen) atoms. The molecule has 0 atom stereocenters. The summed E-state index contributed by atoms with van der Waals surface area (Å²) in [5, 5.41) is 2.44. The second-order valence-electron chi connectivity index (χ2n) is 4.17. The number of nitrogens with one attached hydrogen (secondary N) is 1. The van der Waals surface area contributed by atoms with E-state index in [9.17, 15) is 9.59 Å². The van der Waals surface area contributed by atoms with Crippen LogP contribution in [0, 0.1) is 0 Å². The number of aryl methyl sites for hydroxylation is 1. The second-order valence-corrected chi connectivity index (χ2v) is 5.09. The van der Waals surface area contributed by atoms with E-state index >= 15 is 0 Å². The van der Waals surface area contributed by atoms with Crippen LogP contribution in [0.1, 0.15) is 5.56 Å².